The van der Waals surface area contributed by atoms with E-state index in [-0.39, 0.29) is 24.6 Å². The van der Waals surface area contributed by atoms with Crippen LogP contribution in [0.1, 0.15) is 26.7 Å². The van der Waals surface area contributed by atoms with Crippen LogP contribution in [0.3, 0.4) is 0 Å². The molecule has 0 radical (unpaired) electrons. The van der Waals surface area contributed by atoms with E-state index in [1.54, 1.807) is 0 Å². The van der Waals surface area contributed by atoms with Gasteiger partial charge in [0.25, 0.3) is 0 Å². The third-order valence-electron chi connectivity index (χ3n) is 3.97. The van der Waals surface area contributed by atoms with Gasteiger partial charge < -0.3 is 19.3 Å². The molecule has 0 saturated carbocycles. The van der Waals surface area contributed by atoms with Gasteiger partial charge in [0.2, 0.25) is 12.2 Å². The van der Waals surface area contributed by atoms with Gasteiger partial charge in [-0.25, -0.2) is 0 Å². The van der Waals surface area contributed by atoms with Gasteiger partial charge in [-0.1, -0.05) is 6.92 Å². The average molecular weight is 327 g/mol. The predicted octanol–water partition coefficient (Wildman–Crippen LogP) is 2.67. The Kier molecular flexibility index (Phi) is 5.40. The van der Waals surface area contributed by atoms with Crippen molar-refractivity contribution in [2.24, 2.45) is 0 Å². The summed E-state index contributed by atoms with van der Waals surface area (Å²) in [5.41, 5.74) is 1.13. The highest BCUT2D eigenvalue weighted by Crippen LogP contribution is 2.37. The second-order valence-electron chi connectivity index (χ2n) is 5.55. The molecule has 0 bridgehead atoms. The highest BCUT2D eigenvalue weighted by atomic mass is 35.5. The fraction of sp³-hybridized carbons (Fsp3) is 0.562. The van der Waals surface area contributed by atoms with Gasteiger partial charge in [0.15, 0.2) is 11.5 Å². The summed E-state index contributed by atoms with van der Waals surface area (Å²) in [6.45, 7) is 7.25. The van der Waals surface area contributed by atoms with E-state index in [2.05, 4.69) is 11.0 Å². The fourth-order valence-electron chi connectivity index (χ4n) is 2.85. The van der Waals surface area contributed by atoms with Crippen LogP contribution < -0.4 is 14.4 Å². The van der Waals surface area contributed by atoms with Crippen molar-refractivity contribution in [1.82, 2.24) is 4.90 Å². The lowest BCUT2D eigenvalue weighted by Gasteiger charge is -2.36. The van der Waals surface area contributed by atoms with Crippen molar-refractivity contribution in [2.75, 3.05) is 31.1 Å². The molecule has 6 heteroatoms. The number of rotatable bonds is 3. The molecule has 1 saturated heterocycles. The van der Waals surface area contributed by atoms with Crippen molar-refractivity contribution in [3.8, 4) is 11.5 Å². The Morgan fingerprint density at radius 2 is 1.86 bits per heavy atom. The van der Waals surface area contributed by atoms with Gasteiger partial charge in [-0.05, 0) is 18.6 Å². The van der Waals surface area contributed by atoms with E-state index in [0.29, 0.717) is 6.42 Å². The highest BCUT2D eigenvalue weighted by molar-refractivity contribution is 5.85. The number of carbonyl (C=O) groups is 1. The molecular formula is C16H23ClN2O3. The number of ether oxygens (including phenoxy) is 2. The van der Waals surface area contributed by atoms with Gasteiger partial charge in [0, 0.05) is 51.3 Å². The summed E-state index contributed by atoms with van der Waals surface area (Å²) in [7, 11) is 0. The van der Waals surface area contributed by atoms with Crippen molar-refractivity contribution < 1.29 is 14.3 Å². The van der Waals surface area contributed by atoms with Gasteiger partial charge in [-0.15, -0.1) is 12.4 Å². The summed E-state index contributed by atoms with van der Waals surface area (Å²) in [5, 5.41) is 0. The Morgan fingerprint density at radius 1 is 1.18 bits per heavy atom. The maximum absolute atomic E-state index is 11.9. The van der Waals surface area contributed by atoms with Crippen LogP contribution in [0.2, 0.25) is 0 Å². The molecule has 2 aliphatic heterocycles. The first-order valence-corrected chi connectivity index (χ1v) is 7.67. The summed E-state index contributed by atoms with van der Waals surface area (Å²) in [5.74, 6) is 1.89. The summed E-state index contributed by atoms with van der Waals surface area (Å²) < 4.78 is 11.1. The van der Waals surface area contributed by atoms with Crippen molar-refractivity contribution in [1.29, 1.82) is 0 Å². The third kappa shape index (κ3) is 3.40. The van der Waals surface area contributed by atoms with Crippen LogP contribution in [0.5, 0.6) is 11.5 Å². The lowest BCUT2D eigenvalue weighted by atomic mass is 10.2. The SMILES string of the molecule is CCCC(=O)N1CCN(c2ccc3c(c2)OC(C)O3)CC1.Cl. The molecule has 0 N–H and O–H groups in total. The number of piperazine rings is 1. The molecule has 5 nitrogen and oxygen atoms in total. The first-order chi connectivity index (χ1) is 10.2. The standard InChI is InChI=1S/C16H22N2O3.ClH/c1-3-4-16(19)18-9-7-17(8-10-18)13-5-6-14-15(11-13)21-12(2)20-14;/h5-6,11-12H,3-4,7-10H2,1-2H3;1H. The lowest BCUT2D eigenvalue weighted by molar-refractivity contribution is -0.131. The molecule has 3 rings (SSSR count). The van der Waals surface area contributed by atoms with Gasteiger partial charge in [0.05, 0.1) is 0 Å². The zero-order chi connectivity index (χ0) is 14.8. The first-order valence-electron chi connectivity index (χ1n) is 7.67. The largest absolute Gasteiger partial charge is 0.451 e. The number of amides is 1. The molecular weight excluding hydrogens is 304 g/mol. The molecule has 2 aliphatic rings. The van der Waals surface area contributed by atoms with E-state index in [1.807, 2.05) is 30.9 Å². The van der Waals surface area contributed by atoms with E-state index in [9.17, 15) is 4.79 Å². The lowest BCUT2D eigenvalue weighted by Crippen LogP contribution is -2.48. The minimum Gasteiger partial charge on any atom is -0.451 e. The van der Waals surface area contributed by atoms with Crippen molar-refractivity contribution in [2.45, 2.75) is 33.0 Å². The van der Waals surface area contributed by atoms with Crippen LogP contribution in [0, 0.1) is 0 Å². The van der Waals surface area contributed by atoms with Crippen LogP contribution in [0.25, 0.3) is 0 Å². The summed E-state index contributed by atoms with van der Waals surface area (Å²) in [4.78, 5) is 16.2. The van der Waals surface area contributed by atoms with Crippen molar-refractivity contribution >= 4 is 24.0 Å². The van der Waals surface area contributed by atoms with Gasteiger partial charge in [0.1, 0.15) is 0 Å². The van der Waals surface area contributed by atoms with Gasteiger partial charge >= 0.3 is 0 Å². The van der Waals surface area contributed by atoms with Crippen molar-refractivity contribution in [3.63, 3.8) is 0 Å². The number of benzene rings is 1. The molecule has 122 valence electrons. The molecule has 2 heterocycles. The topological polar surface area (TPSA) is 42.0 Å². The second-order valence-corrected chi connectivity index (χ2v) is 5.55. The Labute approximate surface area is 137 Å². The van der Waals surface area contributed by atoms with Crippen LogP contribution in [-0.4, -0.2) is 43.3 Å². The van der Waals surface area contributed by atoms with E-state index in [4.69, 9.17) is 9.47 Å². The predicted molar refractivity (Wildman–Crippen MR) is 88.1 cm³/mol. The summed E-state index contributed by atoms with van der Waals surface area (Å²) >= 11 is 0. The maximum Gasteiger partial charge on any atom is 0.238 e. The molecule has 1 atom stereocenters. The Balaban J connectivity index is 0.00000176. The molecule has 1 amide bonds. The normalized spacial score (nSPS) is 19.8. The maximum atomic E-state index is 11.9. The highest BCUT2D eigenvalue weighted by Gasteiger charge is 2.24. The quantitative estimate of drug-likeness (QED) is 0.856. The third-order valence-corrected chi connectivity index (χ3v) is 3.97. The van der Waals surface area contributed by atoms with Crippen LogP contribution in [0.15, 0.2) is 18.2 Å². The van der Waals surface area contributed by atoms with E-state index < -0.39 is 0 Å². The molecule has 0 aliphatic carbocycles. The molecule has 1 fully saturated rings. The second kappa shape index (κ2) is 7.09. The number of hydrogen-bond acceptors (Lipinski definition) is 4. The van der Waals surface area contributed by atoms with Crippen LogP contribution in [-0.2, 0) is 4.79 Å². The smallest absolute Gasteiger partial charge is 0.238 e. The van der Waals surface area contributed by atoms with E-state index >= 15 is 0 Å². The van der Waals surface area contributed by atoms with E-state index in [1.165, 1.54) is 0 Å². The number of halogens is 1. The van der Waals surface area contributed by atoms with Crippen molar-refractivity contribution in [3.05, 3.63) is 18.2 Å². The van der Waals surface area contributed by atoms with Crippen LogP contribution in [0.4, 0.5) is 5.69 Å². The number of fused-ring (bicyclic) bond motifs is 1. The minimum atomic E-state index is -0.209. The molecule has 1 aromatic carbocycles. The molecule has 0 aromatic heterocycles. The Morgan fingerprint density at radius 3 is 2.55 bits per heavy atom. The molecule has 0 spiro atoms. The summed E-state index contributed by atoms with van der Waals surface area (Å²) in [6, 6.07) is 6.05. The Bertz CT molecular complexity index is 530. The average Bonchev–Trinajstić information content (AvgIpc) is 2.86. The first kappa shape index (κ1) is 16.7. The van der Waals surface area contributed by atoms with Crippen LogP contribution >= 0.6 is 12.4 Å². The number of nitrogens with zero attached hydrogens (tertiary/aromatic N) is 2. The zero-order valence-corrected chi connectivity index (χ0v) is 13.9. The molecule has 22 heavy (non-hydrogen) atoms. The number of anilines is 1. The van der Waals surface area contributed by atoms with E-state index in [0.717, 1.165) is 49.8 Å². The fourth-order valence-corrected chi connectivity index (χ4v) is 2.85. The van der Waals surface area contributed by atoms with Gasteiger partial charge in [-0.2, -0.15) is 0 Å². The molecule has 1 unspecified atom stereocenters. The molecule has 1 aromatic rings. The monoisotopic (exact) mass is 326 g/mol. The minimum absolute atomic E-state index is 0. The number of hydrogen-bond donors (Lipinski definition) is 0. The number of carbonyl (C=O) groups excluding carboxylic acids is 1. The van der Waals surface area contributed by atoms with Gasteiger partial charge in [-0.3, -0.25) is 4.79 Å². The zero-order valence-electron chi connectivity index (χ0n) is 13.1. The summed E-state index contributed by atoms with van der Waals surface area (Å²) in [6.07, 6.45) is 1.36. The Hall–Kier alpha value is -1.62.